The van der Waals surface area contributed by atoms with Crippen LogP contribution in [0.4, 0.5) is 0 Å². The number of carbonyl (C=O) groups excluding carboxylic acids is 3. The number of nitrogens with one attached hydrogen (secondary N) is 1. The van der Waals surface area contributed by atoms with Gasteiger partial charge in [-0.1, -0.05) is 54.6 Å². The van der Waals surface area contributed by atoms with Crippen molar-refractivity contribution in [3.63, 3.8) is 0 Å². The third-order valence-corrected chi connectivity index (χ3v) is 8.12. The summed E-state index contributed by atoms with van der Waals surface area (Å²) in [5.74, 6) is -1.19. The van der Waals surface area contributed by atoms with E-state index >= 15 is 0 Å². The van der Waals surface area contributed by atoms with Crippen LogP contribution in [0.3, 0.4) is 0 Å². The fraction of sp³-hybridized carbons (Fsp3) is 0.345. The molecule has 36 heavy (non-hydrogen) atoms. The van der Waals surface area contributed by atoms with Gasteiger partial charge in [0.25, 0.3) is 0 Å². The number of likely N-dealkylation sites (tertiary alicyclic amines) is 1. The lowest BCUT2D eigenvalue weighted by Crippen LogP contribution is -2.52. The van der Waals surface area contributed by atoms with Crippen LogP contribution in [0.5, 0.6) is 0 Å². The first-order chi connectivity index (χ1) is 17.5. The molecular weight excluding hydrogens is 472 g/mol. The standard InChI is InChI=1S/C29H30N2O4S/c1-2-35-28(34)29-14-6-13-25(29)31(19-21-10-5-9-20-8-3-4-12-24(20)21)27(33)22(17-29)16-26(32)30-18-23-11-7-15-36-23/h3-5,7-13,15,22H,2,6,14,16-19H2,1H3,(H,30,32)/t22-,29+/m1/s1. The summed E-state index contributed by atoms with van der Waals surface area (Å²) in [6, 6.07) is 18.1. The second-order valence-electron chi connectivity index (χ2n) is 9.45. The molecule has 1 aliphatic heterocycles. The first-order valence-corrected chi connectivity index (χ1v) is 13.3. The fourth-order valence-electron chi connectivity index (χ4n) is 5.58. The minimum atomic E-state index is -0.896. The van der Waals surface area contributed by atoms with Gasteiger partial charge in [-0.25, -0.2) is 0 Å². The Balaban J connectivity index is 1.45. The van der Waals surface area contributed by atoms with Gasteiger partial charge < -0.3 is 15.0 Å². The van der Waals surface area contributed by atoms with Gasteiger partial charge in [-0.2, -0.15) is 0 Å². The number of allylic oxidation sites excluding steroid dienone is 1. The van der Waals surface area contributed by atoms with E-state index in [1.807, 2.05) is 47.9 Å². The zero-order valence-electron chi connectivity index (χ0n) is 20.4. The molecule has 6 nitrogen and oxygen atoms in total. The molecule has 7 heteroatoms. The number of esters is 1. The molecule has 1 aromatic heterocycles. The number of hydrogen-bond acceptors (Lipinski definition) is 5. The predicted molar refractivity (Wildman–Crippen MR) is 140 cm³/mol. The van der Waals surface area contributed by atoms with Gasteiger partial charge in [0.2, 0.25) is 11.8 Å². The Morgan fingerprint density at radius 3 is 2.78 bits per heavy atom. The van der Waals surface area contributed by atoms with Crippen LogP contribution in [0.25, 0.3) is 10.8 Å². The minimum Gasteiger partial charge on any atom is -0.465 e. The number of hydrogen-bond donors (Lipinski definition) is 1. The molecule has 2 aliphatic rings. The van der Waals surface area contributed by atoms with Crippen LogP contribution in [0.2, 0.25) is 0 Å². The van der Waals surface area contributed by atoms with Crippen molar-refractivity contribution < 1.29 is 19.1 Å². The quantitative estimate of drug-likeness (QED) is 0.431. The fourth-order valence-corrected chi connectivity index (χ4v) is 6.22. The summed E-state index contributed by atoms with van der Waals surface area (Å²) in [6.07, 6.45) is 3.64. The lowest BCUT2D eigenvalue weighted by Gasteiger charge is -2.44. The number of carbonyl (C=O) groups is 3. The molecule has 1 fully saturated rings. The van der Waals surface area contributed by atoms with E-state index in [0.717, 1.165) is 26.9 Å². The normalized spacial score (nSPS) is 21.2. The van der Waals surface area contributed by atoms with Crippen LogP contribution >= 0.6 is 11.3 Å². The number of nitrogens with zero attached hydrogens (tertiary/aromatic N) is 1. The summed E-state index contributed by atoms with van der Waals surface area (Å²) in [7, 11) is 0. The van der Waals surface area contributed by atoms with Crippen molar-refractivity contribution >= 4 is 39.9 Å². The number of ether oxygens (including phenoxy) is 1. The summed E-state index contributed by atoms with van der Waals surface area (Å²) >= 11 is 1.58. The van der Waals surface area contributed by atoms with Gasteiger partial charge in [0.15, 0.2) is 0 Å². The molecule has 1 N–H and O–H groups in total. The van der Waals surface area contributed by atoms with E-state index in [1.165, 1.54) is 0 Å². The summed E-state index contributed by atoms with van der Waals surface area (Å²) < 4.78 is 5.52. The van der Waals surface area contributed by atoms with E-state index in [0.29, 0.717) is 32.4 Å². The lowest BCUT2D eigenvalue weighted by molar-refractivity contribution is -0.161. The molecule has 0 spiro atoms. The van der Waals surface area contributed by atoms with Gasteiger partial charge in [0, 0.05) is 22.9 Å². The van der Waals surface area contributed by atoms with Gasteiger partial charge in [-0.15, -0.1) is 11.3 Å². The maximum Gasteiger partial charge on any atom is 0.318 e. The predicted octanol–water partition coefficient (Wildman–Crippen LogP) is 5.18. The van der Waals surface area contributed by atoms with Gasteiger partial charge >= 0.3 is 5.97 Å². The smallest absolute Gasteiger partial charge is 0.318 e. The van der Waals surface area contributed by atoms with Crippen molar-refractivity contribution in [1.82, 2.24) is 10.2 Å². The van der Waals surface area contributed by atoms with E-state index in [1.54, 1.807) is 23.2 Å². The highest BCUT2D eigenvalue weighted by Crippen LogP contribution is 2.51. The molecule has 2 heterocycles. The molecule has 1 saturated heterocycles. The van der Waals surface area contributed by atoms with Gasteiger partial charge in [0.05, 0.1) is 19.7 Å². The first kappa shape index (κ1) is 24.3. The van der Waals surface area contributed by atoms with Crippen molar-refractivity contribution in [3.05, 3.63) is 82.2 Å². The average Bonchev–Trinajstić information content (AvgIpc) is 3.56. The summed E-state index contributed by atoms with van der Waals surface area (Å²) in [4.78, 5) is 42.9. The molecule has 0 unspecified atom stereocenters. The van der Waals surface area contributed by atoms with E-state index in [4.69, 9.17) is 4.74 Å². The molecule has 2 aromatic carbocycles. The Hall–Kier alpha value is -3.45. The number of piperidine rings is 1. The van der Waals surface area contributed by atoms with Crippen molar-refractivity contribution in [1.29, 1.82) is 0 Å². The summed E-state index contributed by atoms with van der Waals surface area (Å²) in [5.41, 5.74) is 0.844. The average molecular weight is 503 g/mol. The van der Waals surface area contributed by atoms with Crippen LogP contribution in [0, 0.1) is 11.3 Å². The number of fused-ring (bicyclic) bond motifs is 2. The molecule has 0 radical (unpaired) electrons. The Morgan fingerprint density at radius 1 is 1.14 bits per heavy atom. The van der Waals surface area contributed by atoms with Gasteiger partial charge in [-0.3, -0.25) is 14.4 Å². The number of benzene rings is 2. The van der Waals surface area contributed by atoms with E-state index in [9.17, 15) is 14.4 Å². The maximum absolute atomic E-state index is 13.9. The highest BCUT2D eigenvalue weighted by molar-refractivity contribution is 7.09. The molecule has 2 atom stereocenters. The summed E-state index contributed by atoms with van der Waals surface area (Å²) in [5, 5.41) is 7.08. The lowest BCUT2D eigenvalue weighted by atomic mass is 9.71. The maximum atomic E-state index is 13.9. The molecular formula is C29H30N2O4S. The van der Waals surface area contributed by atoms with Gasteiger partial charge in [0.1, 0.15) is 5.41 Å². The van der Waals surface area contributed by atoms with Crippen LogP contribution in [-0.4, -0.2) is 29.3 Å². The number of rotatable bonds is 8. The van der Waals surface area contributed by atoms with Crippen LogP contribution in [0.15, 0.2) is 71.8 Å². The molecule has 0 bridgehead atoms. The monoisotopic (exact) mass is 502 g/mol. The molecule has 0 saturated carbocycles. The largest absolute Gasteiger partial charge is 0.465 e. The molecule has 186 valence electrons. The van der Waals surface area contributed by atoms with Crippen LogP contribution in [0.1, 0.15) is 43.0 Å². The SMILES string of the molecule is CCOC(=O)[C@]12CCC=C1N(Cc1cccc3ccccc13)C(=O)[C@H](CC(=O)NCc1cccs1)C2. The zero-order chi connectivity index (χ0) is 25.1. The molecule has 3 aromatic rings. The van der Waals surface area contributed by atoms with E-state index < -0.39 is 11.3 Å². The Bertz CT molecular complexity index is 1310. The van der Waals surface area contributed by atoms with Gasteiger partial charge in [-0.05, 0) is 54.0 Å². The third kappa shape index (κ3) is 4.55. The Kier molecular flexibility index (Phi) is 6.92. The van der Waals surface area contributed by atoms with Crippen molar-refractivity contribution in [3.8, 4) is 0 Å². The summed E-state index contributed by atoms with van der Waals surface area (Å²) in [6.45, 7) is 2.85. The molecule has 2 amide bonds. The van der Waals surface area contributed by atoms with Crippen molar-refractivity contribution in [2.24, 2.45) is 11.3 Å². The first-order valence-electron chi connectivity index (χ1n) is 12.5. The number of amides is 2. The highest BCUT2D eigenvalue weighted by atomic mass is 32.1. The van der Waals surface area contributed by atoms with E-state index in [-0.39, 0.29) is 30.8 Å². The van der Waals surface area contributed by atoms with E-state index in [2.05, 4.69) is 23.5 Å². The minimum absolute atomic E-state index is 0.0463. The third-order valence-electron chi connectivity index (χ3n) is 7.25. The molecule has 1 aliphatic carbocycles. The van der Waals surface area contributed by atoms with Crippen LogP contribution < -0.4 is 5.32 Å². The Labute approximate surface area is 214 Å². The second-order valence-corrected chi connectivity index (χ2v) is 10.5. The Morgan fingerprint density at radius 2 is 1.97 bits per heavy atom. The highest BCUT2D eigenvalue weighted by Gasteiger charge is 2.55. The van der Waals surface area contributed by atoms with Crippen LogP contribution in [-0.2, 0) is 32.2 Å². The molecule has 5 rings (SSSR count). The van der Waals surface area contributed by atoms with Crippen molar-refractivity contribution in [2.75, 3.05) is 6.61 Å². The zero-order valence-corrected chi connectivity index (χ0v) is 21.2. The second kappa shape index (κ2) is 10.3. The number of thiophene rings is 1. The van der Waals surface area contributed by atoms with Crippen molar-refractivity contribution in [2.45, 2.75) is 45.7 Å². The topological polar surface area (TPSA) is 75.7 Å².